The lowest BCUT2D eigenvalue weighted by atomic mass is 10.1. The molecule has 1 fully saturated rings. The molecule has 1 heterocycles. The molecule has 1 saturated heterocycles. The van der Waals surface area contributed by atoms with Gasteiger partial charge in [-0.15, -0.1) is 0 Å². The minimum absolute atomic E-state index is 0.225. The van der Waals surface area contributed by atoms with E-state index in [-0.39, 0.29) is 12.5 Å². The third-order valence-corrected chi connectivity index (χ3v) is 2.67. The molecule has 4 nitrogen and oxygen atoms in total. The zero-order valence-electron chi connectivity index (χ0n) is 8.90. The Balaban J connectivity index is 2.40. The van der Waals surface area contributed by atoms with E-state index in [9.17, 15) is 4.79 Å². The van der Waals surface area contributed by atoms with Gasteiger partial charge < -0.3 is 9.84 Å². The number of morpholine rings is 1. The SMILES string of the molecule is CCC1COC(C)CN1CCC(=O)O. The first kappa shape index (κ1) is 11.5. The molecule has 0 radical (unpaired) electrons. The molecular formula is C10H19NO3. The van der Waals surface area contributed by atoms with Gasteiger partial charge in [0.1, 0.15) is 0 Å². The largest absolute Gasteiger partial charge is 0.481 e. The van der Waals surface area contributed by atoms with Crippen molar-refractivity contribution in [3.63, 3.8) is 0 Å². The summed E-state index contributed by atoms with van der Waals surface area (Å²) < 4.78 is 5.53. The highest BCUT2D eigenvalue weighted by atomic mass is 16.5. The van der Waals surface area contributed by atoms with E-state index in [2.05, 4.69) is 11.8 Å². The number of ether oxygens (including phenoxy) is 1. The van der Waals surface area contributed by atoms with Crippen molar-refractivity contribution in [2.75, 3.05) is 19.7 Å². The van der Waals surface area contributed by atoms with Crippen molar-refractivity contribution in [2.45, 2.75) is 38.8 Å². The number of nitrogens with zero attached hydrogens (tertiary/aromatic N) is 1. The average molecular weight is 201 g/mol. The highest BCUT2D eigenvalue weighted by Crippen LogP contribution is 2.14. The van der Waals surface area contributed by atoms with Crippen molar-refractivity contribution in [1.29, 1.82) is 0 Å². The maximum atomic E-state index is 10.5. The Morgan fingerprint density at radius 1 is 1.64 bits per heavy atom. The van der Waals surface area contributed by atoms with Gasteiger partial charge in [-0.05, 0) is 13.3 Å². The van der Waals surface area contributed by atoms with Crippen LogP contribution in [0.25, 0.3) is 0 Å². The molecule has 0 bridgehead atoms. The summed E-state index contributed by atoms with van der Waals surface area (Å²) in [5.74, 6) is -0.723. The Morgan fingerprint density at radius 3 is 2.93 bits per heavy atom. The fourth-order valence-electron chi connectivity index (χ4n) is 1.80. The number of carboxylic acids is 1. The normalized spacial score (nSPS) is 29.0. The predicted octanol–water partition coefficient (Wildman–Crippen LogP) is 0.960. The molecule has 0 aromatic carbocycles. The van der Waals surface area contributed by atoms with Gasteiger partial charge in [-0.2, -0.15) is 0 Å². The van der Waals surface area contributed by atoms with E-state index in [1.807, 2.05) is 6.92 Å². The zero-order chi connectivity index (χ0) is 10.6. The fraction of sp³-hybridized carbons (Fsp3) is 0.900. The van der Waals surface area contributed by atoms with Crippen LogP contribution in [-0.2, 0) is 9.53 Å². The first-order valence-corrected chi connectivity index (χ1v) is 5.21. The summed E-state index contributed by atoms with van der Waals surface area (Å²) in [5, 5.41) is 8.61. The number of hydrogen-bond acceptors (Lipinski definition) is 3. The van der Waals surface area contributed by atoms with E-state index >= 15 is 0 Å². The summed E-state index contributed by atoms with van der Waals surface area (Å²) in [6.45, 7) is 6.36. The molecule has 2 unspecified atom stereocenters. The van der Waals surface area contributed by atoms with Gasteiger partial charge in [0.2, 0.25) is 0 Å². The van der Waals surface area contributed by atoms with Gasteiger partial charge in [0.25, 0.3) is 0 Å². The molecule has 4 heteroatoms. The lowest BCUT2D eigenvalue weighted by Gasteiger charge is -2.37. The predicted molar refractivity (Wildman–Crippen MR) is 53.3 cm³/mol. The number of hydrogen-bond donors (Lipinski definition) is 1. The molecule has 82 valence electrons. The minimum Gasteiger partial charge on any atom is -0.481 e. The van der Waals surface area contributed by atoms with Gasteiger partial charge >= 0.3 is 5.97 Å². The second-order valence-corrected chi connectivity index (χ2v) is 3.84. The van der Waals surface area contributed by atoms with Crippen LogP contribution >= 0.6 is 0 Å². The van der Waals surface area contributed by atoms with Crippen LogP contribution in [0, 0.1) is 0 Å². The first-order valence-electron chi connectivity index (χ1n) is 5.21. The van der Waals surface area contributed by atoms with Gasteiger partial charge in [-0.25, -0.2) is 0 Å². The Morgan fingerprint density at radius 2 is 2.36 bits per heavy atom. The second-order valence-electron chi connectivity index (χ2n) is 3.84. The van der Waals surface area contributed by atoms with Gasteiger partial charge in [0.15, 0.2) is 0 Å². The van der Waals surface area contributed by atoms with Crippen LogP contribution in [0.3, 0.4) is 0 Å². The van der Waals surface area contributed by atoms with Crippen LogP contribution in [0.2, 0.25) is 0 Å². The van der Waals surface area contributed by atoms with Crippen LogP contribution < -0.4 is 0 Å². The molecule has 0 spiro atoms. The van der Waals surface area contributed by atoms with Crippen LogP contribution in [0.5, 0.6) is 0 Å². The van der Waals surface area contributed by atoms with E-state index in [4.69, 9.17) is 9.84 Å². The molecule has 1 N–H and O–H groups in total. The van der Waals surface area contributed by atoms with Crippen molar-refractivity contribution < 1.29 is 14.6 Å². The molecule has 1 aliphatic heterocycles. The molecular weight excluding hydrogens is 182 g/mol. The lowest BCUT2D eigenvalue weighted by molar-refractivity contribution is -0.138. The fourth-order valence-corrected chi connectivity index (χ4v) is 1.80. The van der Waals surface area contributed by atoms with E-state index in [1.54, 1.807) is 0 Å². The monoisotopic (exact) mass is 201 g/mol. The smallest absolute Gasteiger partial charge is 0.304 e. The molecule has 14 heavy (non-hydrogen) atoms. The van der Waals surface area contributed by atoms with E-state index in [0.29, 0.717) is 12.6 Å². The van der Waals surface area contributed by atoms with E-state index < -0.39 is 5.97 Å². The summed E-state index contributed by atoms with van der Waals surface area (Å²) in [5.41, 5.74) is 0. The van der Waals surface area contributed by atoms with Crippen LogP contribution in [0.1, 0.15) is 26.7 Å². The Bertz CT molecular complexity index is 196. The summed E-state index contributed by atoms with van der Waals surface area (Å²) in [6.07, 6.45) is 1.47. The highest BCUT2D eigenvalue weighted by molar-refractivity contribution is 5.66. The first-order chi connectivity index (χ1) is 6.63. The lowest BCUT2D eigenvalue weighted by Crippen LogP contribution is -2.49. The van der Waals surface area contributed by atoms with Gasteiger partial charge in [-0.1, -0.05) is 6.92 Å². The third-order valence-electron chi connectivity index (χ3n) is 2.67. The summed E-state index contributed by atoms with van der Waals surface area (Å²) in [6, 6.07) is 0.394. The topological polar surface area (TPSA) is 49.8 Å². The maximum absolute atomic E-state index is 10.5. The Kier molecular flexibility index (Phi) is 4.35. The maximum Gasteiger partial charge on any atom is 0.304 e. The van der Waals surface area contributed by atoms with Gasteiger partial charge in [-0.3, -0.25) is 9.69 Å². The number of carbonyl (C=O) groups is 1. The summed E-state index contributed by atoms with van der Waals surface area (Å²) in [7, 11) is 0. The highest BCUT2D eigenvalue weighted by Gasteiger charge is 2.25. The zero-order valence-corrected chi connectivity index (χ0v) is 8.90. The molecule has 0 aliphatic carbocycles. The summed E-state index contributed by atoms with van der Waals surface area (Å²) in [4.78, 5) is 12.7. The van der Waals surface area contributed by atoms with Crippen molar-refractivity contribution in [1.82, 2.24) is 4.90 Å². The van der Waals surface area contributed by atoms with Crippen molar-refractivity contribution in [3.05, 3.63) is 0 Å². The number of rotatable bonds is 4. The molecule has 2 atom stereocenters. The standard InChI is InChI=1S/C10H19NO3/c1-3-9-7-14-8(2)6-11(9)5-4-10(12)13/h8-9H,3-7H2,1-2H3,(H,12,13). The second kappa shape index (κ2) is 5.32. The molecule has 1 aliphatic rings. The van der Waals surface area contributed by atoms with Crippen molar-refractivity contribution in [3.8, 4) is 0 Å². The quantitative estimate of drug-likeness (QED) is 0.736. The van der Waals surface area contributed by atoms with E-state index in [0.717, 1.165) is 19.6 Å². The van der Waals surface area contributed by atoms with Crippen LogP contribution in [-0.4, -0.2) is 47.8 Å². The third kappa shape index (κ3) is 3.27. The Hall–Kier alpha value is -0.610. The number of carboxylic acid groups (broad SMARTS) is 1. The molecule has 0 aromatic heterocycles. The molecule has 0 aromatic rings. The molecule has 0 saturated carbocycles. The number of aliphatic carboxylic acids is 1. The minimum atomic E-state index is -0.723. The van der Waals surface area contributed by atoms with Crippen molar-refractivity contribution in [2.24, 2.45) is 0 Å². The molecule has 0 amide bonds. The van der Waals surface area contributed by atoms with Gasteiger partial charge in [0, 0.05) is 19.1 Å². The van der Waals surface area contributed by atoms with Crippen molar-refractivity contribution >= 4 is 5.97 Å². The molecule has 1 rings (SSSR count). The Labute approximate surface area is 84.8 Å². The van der Waals surface area contributed by atoms with Gasteiger partial charge in [0.05, 0.1) is 19.1 Å². The average Bonchev–Trinajstić information content (AvgIpc) is 2.15. The van der Waals surface area contributed by atoms with E-state index in [1.165, 1.54) is 0 Å². The van der Waals surface area contributed by atoms with Crippen LogP contribution in [0.15, 0.2) is 0 Å². The summed E-state index contributed by atoms with van der Waals surface area (Å²) >= 11 is 0. The van der Waals surface area contributed by atoms with Crippen LogP contribution in [0.4, 0.5) is 0 Å².